The van der Waals surface area contributed by atoms with Crippen LogP contribution in [-0.4, -0.2) is 24.1 Å². The Hall–Kier alpha value is -2.33. The Morgan fingerprint density at radius 1 is 1.22 bits per heavy atom. The van der Waals surface area contributed by atoms with Gasteiger partial charge in [-0.1, -0.05) is 41.9 Å². The first kappa shape index (κ1) is 21.0. The summed E-state index contributed by atoms with van der Waals surface area (Å²) in [6, 6.07) is 13.2. The molecule has 0 radical (unpaired) electrons. The third-order valence-electron chi connectivity index (χ3n) is 3.26. The van der Waals surface area contributed by atoms with Gasteiger partial charge in [0.25, 0.3) is 0 Å². The molecule has 0 aliphatic heterocycles. The first-order valence-electron chi connectivity index (χ1n) is 7.69. The molecule has 2 unspecified atom stereocenters. The smallest absolute Gasteiger partial charge is 0.352 e. The molecule has 27 heavy (non-hydrogen) atoms. The first-order chi connectivity index (χ1) is 12.9. The van der Waals surface area contributed by atoms with Gasteiger partial charge in [-0.05, 0) is 36.4 Å². The van der Waals surface area contributed by atoms with Crippen LogP contribution in [0.2, 0.25) is 10.0 Å². The molecule has 0 N–H and O–H groups in total. The van der Waals surface area contributed by atoms with E-state index < -0.39 is 17.5 Å². The number of para-hydroxylation sites is 1. The molecule has 0 saturated carbocycles. The third kappa shape index (κ3) is 6.10. The zero-order chi connectivity index (χ0) is 19.8. The maximum absolute atomic E-state index is 12.4. The van der Waals surface area contributed by atoms with E-state index >= 15 is 0 Å². The third-order valence-corrected chi connectivity index (χ3v) is 4.18. The lowest BCUT2D eigenvalue weighted by Gasteiger charge is -2.20. The second kappa shape index (κ2) is 10.1. The van der Waals surface area contributed by atoms with Crippen molar-refractivity contribution in [2.75, 3.05) is 6.61 Å². The zero-order valence-corrected chi connectivity index (χ0v) is 16.4. The van der Waals surface area contributed by atoms with E-state index in [0.29, 0.717) is 22.1 Å². The maximum Gasteiger partial charge on any atom is 0.352 e. The lowest BCUT2D eigenvalue weighted by Crippen LogP contribution is -2.36. The van der Waals surface area contributed by atoms with Gasteiger partial charge in [0.1, 0.15) is 18.1 Å². The Labute approximate surface area is 172 Å². The lowest BCUT2D eigenvalue weighted by atomic mass is 10.2. The summed E-state index contributed by atoms with van der Waals surface area (Å²) in [5.41, 5.74) is -0.409. The van der Waals surface area contributed by atoms with Crippen molar-refractivity contribution in [1.29, 1.82) is 5.26 Å². The van der Waals surface area contributed by atoms with Crippen molar-refractivity contribution < 1.29 is 19.0 Å². The van der Waals surface area contributed by atoms with Crippen LogP contribution in [0, 0.1) is 11.3 Å². The summed E-state index contributed by atoms with van der Waals surface area (Å²) in [5, 5.41) is 9.45. The van der Waals surface area contributed by atoms with Gasteiger partial charge in [-0.15, -0.1) is 12.6 Å². The molecule has 2 rings (SSSR count). The number of carbonyl (C=O) groups is 1. The van der Waals surface area contributed by atoms with Gasteiger partial charge in [-0.2, -0.15) is 5.26 Å². The summed E-state index contributed by atoms with van der Waals surface area (Å²) < 4.78 is 16.4. The molecule has 140 valence electrons. The molecular weight excluding hydrogens is 409 g/mol. The number of benzene rings is 2. The van der Waals surface area contributed by atoms with Gasteiger partial charge >= 0.3 is 5.97 Å². The van der Waals surface area contributed by atoms with Crippen molar-refractivity contribution in [3.8, 4) is 17.6 Å². The summed E-state index contributed by atoms with van der Waals surface area (Å²) >= 11 is 16.2. The number of ether oxygens (including phenoxy) is 3. The molecule has 0 spiro atoms. The predicted molar refractivity (Wildman–Crippen MR) is 107 cm³/mol. The van der Waals surface area contributed by atoms with Crippen LogP contribution in [0.3, 0.4) is 0 Å². The molecule has 0 heterocycles. The highest BCUT2D eigenvalue weighted by Gasteiger charge is 2.26. The fourth-order valence-electron chi connectivity index (χ4n) is 1.94. The topological polar surface area (TPSA) is 68.5 Å². The Balaban J connectivity index is 2.16. The van der Waals surface area contributed by atoms with Crippen LogP contribution in [0.4, 0.5) is 0 Å². The number of nitrogens with zero attached hydrogens (tertiary/aromatic N) is 1. The van der Waals surface area contributed by atoms with Crippen LogP contribution in [0.1, 0.15) is 5.56 Å². The minimum atomic E-state index is -1.13. The molecule has 0 aliphatic rings. The van der Waals surface area contributed by atoms with Gasteiger partial charge in [0.05, 0.1) is 21.7 Å². The molecule has 0 saturated heterocycles. The number of esters is 1. The number of hydrogen-bond acceptors (Lipinski definition) is 6. The summed E-state index contributed by atoms with van der Waals surface area (Å²) in [4.78, 5) is 12.4. The largest absolute Gasteiger partial charge is 0.488 e. The van der Waals surface area contributed by atoms with E-state index in [1.807, 2.05) is 6.07 Å². The maximum atomic E-state index is 12.4. The van der Waals surface area contributed by atoms with Crippen LogP contribution >= 0.6 is 35.8 Å². The molecule has 2 aromatic rings. The first-order valence-corrected chi connectivity index (χ1v) is 8.96. The monoisotopic (exact) mass is 423 g/mol. The average Bonchev–Trinajstić information content (AvgIpc) is 2.66. The minimum absolute atomic E-state index is 0.201. The Bertz CT molecular complexity index is 869. The van der Waals surface area contributed by atoms with Gasteiger partial charge in [0.15, 0.2) is 5.44 Å². The van der Waals surface area contributed by atoms with Crippen molar-refractivity contribution in [3.05, 3.63) is 70.7 Å². The molecule has 0 bridgehead atoms. The van der Waals surface area contributed by atoms with Gasteiger partial charge in [-0.25, -0.2) is 4.79 Å². The van der Waals surface area contributed by atoms with Crippen LogP contribution in [-0.2, 0) is 9.53 Å². The molecule has 0 aromatic heterocycles. The van der Waals surface area contributed by atoms with Gasteiger partial charge in [0.2, 0.25) is 6.10 Å². The Morgan fingerprint density at radius 2 is 1.96 bits per heavy atom. The number of halogens is 2. The van der Waals surface area contributed by atoms with Crippen molar-refractivity contribution in [1.82, 2.24) is 0 Å². The average molecular weight is 424 g/mol. The van der Waals surface area contributed by atoms with E-state index in [9.17, 15) is 4.79 Å². The number of carbonyl (C=O) groups excluding carboxylic acids is 1. The van der Waals surface area contributed by atoms with Crippen LogP contribution in [0.25, 0.3) is 0 Å². The zero-order valence-electron chi connectivity index (χ0n) is 14.0. The summed E-state index contributed by atoms with van der Waals surface area (Å²) in [6.07, 6.45) is 0.220. The summed E-state index contributed by atoms with van der Waals surface area (Å²) in [7, 11) is 0. The van der Waals surface area contributed by atoms with E-state index in [0.717, 1.165) is 0 Å². The summed E-state index contributed by atoms with van der Waals surface area (Å²) in [5.74, 6) is -0.119. The van der Waals surface area contributed by atoms with Crippen molar-refractivity contribution in [2.45, 2.75) is 11.5 Å². The van der Waals surface area contributed by atoms with E-state index in [4.69, 9.17) is 42.7 Å². The highest BCUT2D eigenvalue weighted by atomic mass is 35.5. The number of thiol groups is 1. The van der Waals surface area contributed by atoms with Gasteiger partial charge in [-0.3, -0.25) is 0 Å². The van der Waals surface area contributed by atoms with Crippen LogP contribution < -0.4 is 9.47 Å². The minimum Gasteiger partial charge on any atom is -0.488 e. The molecule has 2 atom stereocenters. The molecule has 0 amide bonds. The van der Waals surface area contributed by atoms with Crippen LogP contribution in [0.5, 0.6) is 11.5 Å². The van der Waals surface area contributed by atoms with Gasteiger partial charge < -0.3 is 14.2 Å². The van der Waals surface area contributed by atoms with E-state index in [1.54, 1.807) is 30.3 Å². The fraction of sp³-hybridized carbons (Fsp3) is 0.158. The number of rotatable bonds is 8. The van der Waals surface area contributed by atoms with Crippen molar-refractivity contribution in [3.63, 3.8) is 0 Å². The van der Waals surface area contributed by atoms with Crippen molar-refractivity contribution in [2.24, 2.45) is 0 Å². The standard InChI is InChI=1S/C19H15Cl2NO4S/c1-2-18(27)26-19(23)17(25-16-6-4-3-5-13(16)20)11-24-15-8-7-12(10-22)9-14(15)21/h2-9,17-18,27H,1,11H2. The molecule has 5 nitrogen and oxygen atoms in total. The SMILES string of the molecule is C=CC(S)OC(=O)C(COc1ccc(C#N)cc1Cl)Oc1ccccc1Cl. The molecule has 8 heteroatoms. The second-order valence-corrected chi connectivity index (χ2v) is 6.49. The molecular formula is C19H15Cl2NO4S. The lowest BCUT2D eigenvalue weighted by molar-refractivity contribution is -0.153. The quantitative estimate of drug-likeness (QED) is 0.289. The van der Waals surface area contributed by atoms with Crippen molar-refractivity contribution >= 4 is 41.8 Å². The van der Waals surface area contributed by atoms with E-state index in [-0.39, 0.29) is 11.6 Å². The van der Waals surface area contributed by atoms with Gasteiger partial charge in [0, 0.05) is 0 Å². The molecule has 2 aromatic carbocycles. The Morgan fingerprint density at radius 3 is 2.59 bits per heavy atom. The fourth-order valence-corrected chi connectivity index (χ4v) is 2.46. The normalized spacial score (nSPS) is 12.4. The van der Waals surface area contributed by atoms with E-state index in [1.165, 1.54) is 18.2 Å². The Kier molecular flexibility index (Phi) is 7.86. The molecule has 0 aliphatic carbocycles. The summed E-state index contributed by atoms with van der Waals surface area (Å²) in [6.45, 7) is 3.30. The number of nitriles is 1. The second-order valence-electron chi connectivity index (χ2n) is 5.17. The highest BCUT2D eigenvalue weighted by molar-refractivity contribution is 7.81. The van der Waals surface area contributed by atoms with E-state index in [2.05, 4.69) is 19.2 Å². The van der Waals surface area contributed by atoms with Crippen LogP contribution in [0.15, 0.2) is 55.1 Å². The highest BCUT2D eigenvalue weighted by Crippen LogP contribution is 2.27. The molecule has 0 fully saturated rings. The number of hydrogen-bond donors (Lipinski definition) is 1. The predicted octanol–water partition coefficient (Wildman–Crippen LogP) is 4.68.